The van der Waals surface area contributed by atoms with Gasteiger partial charge in [0.05, 0.1) is 18.2 Å². The van der Waals surface area contributed by atoms with Crippen LogP contribution in [-0.2, 0) is 4.74 Å². The molecule has 0 unspecified atom stereocenters. The number of benzene rings is 1. The van der Waals surface area contributed by atoms with Gasteiger partial charge in [-0.3, -0.25) is 4.79 Å². The minimum atomic E-state index is -0.442. The van der Waals surface area contributed by atoms with Gasteiger partial charge in [0, 0.05) is 25.0 Å². The number of carbonyl (C=O) groups is 2. The molecule has 1 aliphatic rings. The quantitative estimate of drug-likeness (QED) is 0.854. The number of hydrogen-bond donors (Lipinski definition) is 1. The lowest BCUT2D eigenvalue weighted by atomic mass is 9.99. The highest BCUT2D eigenvalue weighted by Crippen LogP contribution is 2.21. The molecule has 0 radical (unpaired) electrons. The molecule has 1 aromatic carbocycles. The summed E-state index contributed by atoms with van der Waals surface area (Å²) in [5.74, 6) is 0.958. The summed E-state index contributed by atoms with van der Waals surface area (Å²) in [6.07, 6.45) is 3.92. The molecule has 2 aromatic rings. The normalized spacial score (nSPS) is 14.8. The number of aromatic nitrogens is 1. The van der Waals surface area contributed by atoms with E-state index in [-0.39, 0.29) is 5.91 Å². The highest BCUT2D eigenvalue weighted by molar-refractivity contribution is 6.04. The first-order chi connectivity index (χ1) is 12.6. The second-order valence-electron chi connectivity index (χ2n) is 6.60. The molecule has 1 fully saturated rings. The number of hydrogen-bond acceptors (Lipinski definition) is 5. The van der Waals surface area contributed by atoms with Gasteiger partial charge in [-0.2, -0.15) is 0 Å². The van der Waals surface area contributed by atoms with Crippen LogP contribution < -0.4 is 10.2 Å². The number of esters is 1. The SMILES string of the molecule is COC(=O)c1cccc(NC(=O)c2ccc(N3CCC(C)CC3)nc2)c1. The summed E-state index contributed by atoms with van der Waals surface area (Å²) in [7, 11) is 1.32. The van der Waals surface area contributed by atoms with Gasteiger partial charge in [0.1, 0.15) is 5.82 Å². The van der Waals surface area contributed by atoms with E-state index in [9.17, 15) is 9.59 Å². The molecule has 1 amide bonds. The van der Waals surface area contributed by atoms with Crippen molar-refractivity contribution in [2.45, 2.75) is 19.8 Å². The lowest BCUT2D eigenvalue weighted by Crippen LogP contribution is -2.33. The predicted molar refractivity (Wildman–Crippen MR) is 101 cm³/mol. The van der Waals surface area contributed by atoms with Crippen molar-refractivity contribution in [2.24, 2.45) is 5.92 Å². The molecule has 1 aromatic heterocycles. The molecular weight excluding hydrogens is 330 g/mol. The maximum absolute atomic E-state index is 12.4. The monoisotopic (exact) mass is 353 g/mol. The van der Waals surface area contributed by atoms with E-state index in [1.54, 1.807) is 36.5 Å². The van der Waals surface area contributed by atoms with E-state index in [4.69, 9.17) is 4.74 Å². The van der Waals surface area contributed by atoms with Crippen LogP contribution in [0.2, 0.25) is 0 Å². The van der Waals surface area contributed by atoms with E-state index < -0.39 is 5.97 Å². The Hall–Kier alpha value is -2.89. The first-order valence-electron chi connectivity index (χ1n) is 8.77. The van der Waals surface area contributed by atoms with Crippen LogP contribution in [0.5, 0.6) is 0 Å². The smallest absolute Gasteiger partial charge is 0.337 e. The van der Waals surface area contributed by atoms with E-state index in [0.29, 0.717) is 16.8 Å². The number of anilines is 2. The molecule has 0 atom stereocenters. The summed E-state index contributed by atoms with van der Waals surface area (Å²) in [4.78, 5) is 30.7. The molecule has 0 bridgehead atoms. The maximum Gasteiger partial charge on any atom is 0.337 e. The van der Waals surface area contributed by atoms with Crippen molar-refractivity contribution in [3.05, 3.63) is 53.7 Å². The zero-order valence-corrected chi connectivity index (χ0v) is 15.1. The van der Waals surface area contributed by atoms with Gasteiger partial charge in [-0.25, -0.2) is 9.78 Å². The molecule has 136 valence electrons. The largest absolute Gasteiger partial charge is 0.465 e. The van der Waals surface area contributed by atoms with Crippen LogP contribution >= 0.6 is 0 Å². The van der Waals surface area contributed by atoms with Crippen LogP contribution in [0, 0.1) is 5.92 Å². The molecule has 0 aliphatic carbocycles. The highest BCUT2D eigenvalue weighted by Gasteiger charge is 2.17. The van der Waals surface area contributed by atoms with E-state index >= 15 is 0 Å². The summed E-state index contributed by atoms with van der Waals surface area (Å²) < 4.78 is 4.69. The molecular formula is C20H23N3O3. The zero-order chi connectivity index (χ0) is 18.5. The van der Waals surface area contributed by atoms with Crippen LogP contribution in [-0.4, -0.2) is 37.1 Å². The van der Waals surface area contributed by atoms with Crippen molar-refractivity contribution in [1.29, 1.82) is 0 Å². The summed E-state index contributed by atoms with van der Waals surface area (Å²) in [6, 6.07) is 10.3. The molecule has 26 heavy (non-hydrogen) atoms. The standard InChI is InChI=1S/C20H23N3O3/c1-14-8-10-23(11-9-14)18-7-6-16(13-21-18)19(24)22-17-5-3-4-15(12-17)20(25)26-2/h3-7,12-14H,8-11H2,1-2H3,(H,22,24). The van der Waals surface area contributed by atoms with Crippen molar-refractivity contribution in [3.63, 3.8) is 0 Å². The molecule has 3 rings (SSSR count). The van der Waals surface area contributed by atoms with E-state index in [1.165, 1.54) is 20.0 Å². The number of methoxy groups -OCH3 is 1. The number of amides is 1. The molecule has 2 heterocycles. The average molecular weight is 353 g/mol. The van der Waals surface area contributed by atoms with Crippen LogP contribution in [0.3, 0.4) is 0 Å². The summed E-state index contributed by atoms with van der Waals surface area (Å²) >= 11 is 0. The van der Waals surface area contributed by atoms with Crippen LogP contribution in [0.1, 0.15) is 40.5 Å². The van der Waals surface area contributed by atoms with E-state index in [0.717, 1.165) is 24.8 Å². The van der Waals surface area contributed by atoms with Crippen molar-refractivity contribution in [3.8, 4) is 0 Å². The molecule has 0 saturated carbocycles. The first-order valence-corrected chi connectivity index (χ1v) is 8.77. The second kappa shape index (κ2) is 7.99. The highest BCUT2D eigenvalue weighted by atomic mass is 16.5. The lowest BCUT2D eigenvalue weighted by Gasteiger charge is -2.31. The fourth-order valence-electron chi connectivity index (χ4n) is 2.99. The number of ether oxygens (including phenoxy) is 1. The van der Waals surface area contributed by atoms with E-state index in [2.05, 4.69) is 22.1 Å². The summed E-state index contributed by atoms with van der Waals surface area (Å²) in [5.41, 5.74) is 1.40. The van der Waals surface area contributed by atoms with E-state index in [1.807, 2.05) is 6.07 Å². The van der Waals surface area contributed by atoms with Gasteiger partial charge in [0.25, 0.3) is 5.91 Å². The Labute approximate surface area is 153 Å². The lowest BCUT2D eigenvalue weighted by molar-refractivity contribution is 0.0600. The number of rotatable bonds is 4. The van der Waals surface area contributed by atoms with Crippen LogP contribution in [0.15, 0.2) is 42.6 Å². The number of pyridine rings is 1. The minimum absolute atomic E-state index is 0.265. The van der Waals surface area contributed by atoms with Gasteiger partial charge in [0.15, 0.2) is 0 Å². The Morgan fingerprint density at radius 3 is 2.58 bits per heavy atom. The van der Waals surface area contributed by atoms with Crippen molar-refractivity contribution in [1.82, 2.24) is 4.98 Å². The average Bonchev–Trinajstić information content (AvgIpc) is 2.68. The van der Waals surface area contributed by atoms with Gasteiger partial charge in [0.2, 0.25) is 0 Å². The van der Waals surface area contributed by atoms with Gasteiger partial charge < -0.3 is 15.0 Å². The van der Waals surface area contributed by atoms with Gasteiger partial charge in [-0.15, -0.1) is 0 Å². The fraction of sp³-hybridized carbons (Fsp3) is 0.350. The third-order valence-corrected chi connectivity index (χ3v) is 4.66. The Balaban J connectivity index is 1.66. The topological polar surface area (TPSA) is 71.5 Å². The predicted octanol–water partition coefficient (Wildman–Crippen LogP) is 3.36. The van der Waals surface area contributed by atoms with Gasteiger partial charge in [-0.05, 0) is 49.1 Å². The number of piperidine rings is 1. The summed E-state index contributed by atoms with van der Waals surface area (Å²) in [6.45, 7) is 4.27. The fourth-order valence-corrected chi connectivity index (χ4v) is 2.99. The first kappa shape index (κ1) is 17.9. The van der Waals surface area contributed by atoms with Crippen molar-refractivity contribution >= 4 is 23.4 Å². The maximum atomic E-state index is 12.4. The van der Waals surface area contributed by atoms with Gasteiger partial charge >= 0.3 is 5.97 Å². The Kier molecular flexibility index (Phi) is 5.51. The van der Waals surface area contributed by atoms with Crippen LogP contribution in [0.25, 0.3) is 0 Å². The third kappa shape index (κ3) is 4.20. The number of nitrogens with one attached hydrogen (secondary N) is 1. The van der Waals surface area contributed by atoms with Gasteiger partial charge in [-0.1, -0.05) is 13.0 Å². The Morgan fingerprint density at radius 1 is 1.15 bits per heavy atom. The third-order valence-electron chi connectivity index (χ3n) is 4.66. The number of nitrogens with zero attached hydrogens (tertiary/aromatic N) is 2. The second-order valence-corrected chi connectivity index (χ2v) is 6.60. The van der Waals surface area contributed by atoms with Crippen molar-refractivity contribution < 1.29 is 14.3 Å². The number of carbonyl (C=O) groups excluding carboxylic acids is 2. The molecule has 0 spiro atoms. The van der Waals surface area contributed by atoms with Crippen LogP contribution in [0.4, 0.5) is 11.5 Å². The summed E-state index contributed by atoms with van der Waals surface area (Å²) in [5, 5.41) is 2.78. The molecule has 6 nitrogen and oxygen atoms in total. The minimum Gasteiger partial charge on any atom is -0.465 e. The van der Waals surface area contributed by atoms with Crippen molar-refractivity contribution in [2.75, 3.05) is 30.4 Å². The molecule has 1 saturated heterocycles. The Morgan fingerprint density at radius 2 is 1.92 bits per heavy atom. The Bertz CT molecular complexity index is 781. The zero-order valence-electron chi connectivity index (χ0n) is 15.1. The molecule has 1 N–H and O–H groups in total. The molecule has 1 aliphatic heterocycles. The molecule has 6 heteroatoms.